The van der Waals surface area contributed by atoms with Gasteiger partial charge in [0, 0.05) is 21.5 Å². The highest BCUT2D eigenvalue weighted by Gasteiger charge is 2.17. The van der Waals surface area contributed by atoms with Crippen molar-refractivity contribution < 1.29 is 0 Å². The van der Waals surface area contributed by atoms with Gasteiger partial charge in [-0.25, -0.2) is 0 Å². The number of halogens is 1. The third-order valence-electron chi connectivity index (χ3n) is 2.66. The predicted molar refractivity (Wildman–Crippen MR) is 70.2 cm³/mol. The van der Waals surface area contributed by atoms with Crippen LogP contribution >= 0.6 is 11.6 Å². The molecule has 0 bridgehead atoms. The molecular weight excluding hydrogens is 232 g/mol. The molecule has 0 atom stereocenters. The normalized spacial score (nSPS) is 11.5. The lowest BCUT2D eigenvalue weighted by Crippen LogP contribution is -2.13. The highest BCUT2D eigenvalue weighted by atomic mass is 35.5. The number of pyridine rings is 1. The molecule has 1 aromatic heterocycles. The van der Waals surface area contributed by atoms with Crippen LogP contribution in [0.5, 0.6) is 0 Å². The summed E-state index contributed by atoms with van der Waals surface area (Å²) in [5.74, 6) is 0. The molecule has 0 N–H and O–H groups in total. The third-order valence-corrected chi connectivity index (χ3v) is 2.89. The van der Waals surface area contributed by atoms with Crippen LogP contribution in [0.25, 0.3) is 10.9 Å². The van der Waals surface area contributed by atoms with Crippen LogP contribution in [0.15, 0.2) is 24.3 Å². The van der Waals surface area contributed by atoms with E-state index in [0.29, 0.717) is 10.6 Å². The number of fused-ring (bicyclic) bond motifs is 1. The van der Waals surface area contributed by atoms with E-state index in [-0.39, 0.29) is 5.41 Å². The molecular formula is C14H13ClN2. The Kier molecular flexibility index (Phi) is 2.81. The molecule has 1 aromatic carbocycles. The average molecular weight is 245 g/mol. The van der Waals surface area contributed by atoms with E-state index in [2.05, 4.69) is 31.8 Å². The highest BCUT2D eigenvalue weighted by molar-refractivity contribution is 6.31. The second-order valence-electron chi connectivity index (χ2n) is 5.08. The van der Waals surface area contributed by atoms with Crippen molar-refractivity contribution in [2.45, 2.75) is 26.2 Å². The van der Waals surface area contributed by atoms with Gasteiger partial charge < -0.3 is 0 Å². The summed E-state index contributed by atoms with van der Waals surface area (Å²) in [6, 6.07) is 9.49. The van der Waals surface area contributed by atoms with Crippen molar-refractivity contribution in [3.05, 3.63) is 40.5 Å². The lowest BCUT2D eigenvalue weighted by atomic mass is 9.90. The number of hydrogen-bond acceptors (Lipinski definition) is 2. The molecule has 0 spiro atoms. The Bertz CT molecular complexity index is 618. The molecule has 0 saturated carbocycles. The average Bonchev–Trinajstić information content (AvgIpc) is 2.26. The summed E-state index contributed by atoms with van der Waals surface area (Å²) in [5.41, 5.74) is 2.30. The maximum Gasteiger partial charge on any atom is 0.0999 e. The van der Waals surface area contributed by atoms with Crippen LogP contribution in [-0.4, -0.2) is 4.98 Å². The van der Waals surface area contributed by atoms with Gasteiger partial charge in [-0.05, 0) is 24.3 Å². The standard InChI is InChI=1S/C14H13ClN2/c1-14(2,3)13-6-9(8-16)11-7-10(15)4-5-12(11)17-13/h4-7H,1-3H3. The van der Waals surface area contributed by atoms with Crippen LogP contribution < -0.4 is 0 Å². The zero-order valence-corrected chi connectivity index (χ0v) is 10.8. The van der Waals surface area contributed by atoms with Crippen LogP contribution in [0, 0.1) is 11.3 Å². The number of aromatic nitrogens is 1. The largest absolute Gasteiger partial charge is 0.252 e. The van der Waals surface area contributed by atoms with E-state index in [9.17, 15) is 5.26 Å². The Morgan fingerprint density at radius 1 is 1.24 bits per heavy atom. The predicted octanol–water partition coefficient (Wildman–Crippen LogP) is 4.06. The van der Waals surface area contributed by atoms with Gasteiger partial charge >= 0.3 is 0 Å². The molecule has 2 rings (SSSR count). The van der Waals surface area contributed by atoms with Gasteiger partial charge in [0.2, 0.25) is 0 Å². The summed E-state index contributed by atoms with van der Waals surface area (Å²) < 4.78 is 0. The van der Waals surface area contributed by atoms with Crippen LogP contribution in [0.4, 0.5) is 0 Å². The van der Waals surface area contributed by atoms with E-state index >= 15 is 0 Å². The summed E-state index contributed by atoms with van der Waals surface area (Å²) in [5, 5.41) is 10.6. The summed E-state index contributed by atoms with van der Waals surface area (Å²) in [6.07, 6.45) is 0. The Balaban J connectivity index is 2.81. The summed E-state index contributed by atoms with van der Waals surface area (Å²) >= 11 is 5.94. The zero-order valence-electron chi connectivity index (χ0n) is 10.1. The lowest BCUT2D eigenvalue weighted by molar-refractivity contribution is 0.571. The van der Waals surface area contributed by atoms with Crippen LogP contribution in [0.2, 0.25) is 5.02 Å². The van der Waals surface area contributed by atoms with E-state index in [0.717, 1.165) is 16.6 Å². The zero-order chi connectivity index (χ0) is 12.6. The fraction of sp³-hybridized carbons (Fsp3) is 0.286. The first-order valence-corrected chi connectivity index (χ1v) is 5.80. The van der Waals surface area contributed by atoms with Crippen molar-refractivity contribution in [2.75, 3.05) is 0 Å². The van der Waals surface area contributed by atoms with Crippen molar-refractivity contribution in [3.8, 4) is 6.07 Å². The number of rotatable bonds is 0. The Morgan fingerprint density at radius 2 is 1.94 bits per heavy atom. The van der Waals surface area contributed by atoms with E-state index in [1.165, 1.54) is 0 Å². The maximum atomic E-state index is 9.20. The fourth-order valence-electron chi connectivity index (χ4n) is 1.67. The highest BCUT2D eigenvalue weighted by Crippen LogP contribution is 2.27. The summed E-state index contributed by atoms with van der Waals surface area (Å²) in [6.45, 7) is 6.24. The molecule has 0 unspecified atom stereocenters. The molecule has 0 saturated heterocycles. The second-order valence-corrected chi connectivity index (χ2v) is 5.51. The van der Waals surface area contributed by atoms with Crippen molar-refractivity contribution in [2.24, 2.45) is 0 Å². The Morgan fingerprint density at radius 3 is 2.53 bits per heavy atom. The smallest absolute Gasteiger partial charge is 0.0999 e. The summed E-state index contributed by atoms with van der Waals surface area (Å²) in [7, 11) is 0. The monoisotopic (exact) mass is 244 g/mol. The molecule has 2 aromatic rings. The minimum atomic E-state index is -0.0700. The molecule has 2 nitrogen and oxygen atoms in total. The van der Waals surface area contributed by atoms with Gasteiger partial charge in [0.05, 0.1) is 17.1 Å². The molecule has 0 fully saturated rings. The Labute approximate surface area is 106 Å². The number of nitriles is 1. The number of hydrogen-bond donors (Lipinski definition) is 0. The van der Waals surface area contributed by atoms with Gasteiger partial charge in [-0.1, -0.05) is 32.4 Å². The quantitative estimate of drug-likeness (QED) is 0.701. The van der Waals surface area contributed by atoms with Gasteiger partial charge in [0.1, 0.15) is 0 Å². The molecule has 0 amide bonds. The molecule has 17 heavy (non-hydrogen) atoms. The first-order chi connectivity index (χ1) is 7.91. The van der Waals surface area contributed by atoms with Crippen LogP contribution in [-0.2, 0) is 5.41 Å². The molecule has 0 aliphatic heterocycles. The van der Waals surface area contributed by atoms with Crippen LogP contribution in [0.1, 0.15) is 32.0 Å². The molecule has 0 aliphatic rings. The Hall–Kier alpha value is -1.59. The van der Waals surface area contributed by atoms with Gasteiger partial charge in [0.15, 0.2) is 0 Å². The van der Waals surface area contributed by atoms with Gasteiger partial charge in [-0.3, -0.25) is 4.98 Å². The minimum Gasteiger partial charge on any atom is -0.252 e. The van der Waals surface area contributed by atoms with E-state index < -0.39 is 0 Å². The van der Waals surface area contributed by atoms with Gasteiger partial charge in [-0.15, -0.1) is 0 Å². The maximum absolute atomic E-state index is 9.20. The van der Waals surface area contributed by atoms with Crippen molar-refractivity contribution in [1.82, 2.24) is 4.98 Å². The molecule has 1 heterocycles. The van der Waals surface area contributed by atoms with Crippen molar-refractivity contribution in [3.63, 3.8) is 0 Å². The van der Waals surface area contributed by atoms with E-state index in [1.54, 1.807) is 12.1 Å². The van der Waals surface area contributed by atoms with Gasteiger partial charge in [-0.2, -0.15) is 5.26 Å². The lowest BCUT2D eigenvalue weighted by Gasteiger charge is -2.18. The second kappa shape index (κ2) is 4.01. The van der Waals surface area contributed by atoms with Crippen molar-refractivity contribution >= 4 is 22.5 Å². The molecule has 0 aliphatic carbocycles. The number of benzene rings is 1. The van der Waals surface area contributed by atoms with E-state index in [1.807, 2.05) is 12.1 Å². The fourth-order valence-corrected chi connectivity index (χ4v) is 1.85. The molecule has 3 heteroatoms. The van der Waals surface area contributed by atoms with Crippen LogP contribution in [0.3, 0.4) is 0 Å². The third kappa shape index (κ3) is 2.25. The number of nitrogens with zero attached hydrogens (tertiary/aromatic N) is 2. The minimum absolute atomic E-state index is 0.0700. The first-order valence-electron chi connectivity index (χ1n) is 5.43. The van der Waals surface area contributed by atoms with E-state index in [4.69, 9.17) is 11.6 Å². The molecule has 86 valence electrons. The topological polar surface area (TPSA) is 36.7 Å². The van der Waals surface area contributed by atoms with Crippen molar-refractivity contribution in [1.29, 1.82) is 5.26 Å². The summed E-state index contributed by atoms with van der Waals surface area (Å²) in [4.78, 5) is 4.59. The van der Waals surface area contributed by atoms with Gasteiger partial charge in [0.25, 0.3) is 0 Å². The SMILES string of the molecule is CC(C)(C)c1cc(C#N)c2cc(Cl)ccc2n1. The first kappa shape index (κ1) is 11.9. The molecule has 0 radical (unpaired) electrons.